The highest BCUT2D eigenvalue weighted by Crippen LogP contribution is 2.40. The lowest BCUT2D eigenvalue weighted by Gasteiger charge is -2.42. The van der Waals surface area contributed by atoms with Crippen LogP contribution in [0.2, 0.25) is 0 Å². The Morgan fingerprint density at radius 3 is 2.38 bits per heavy atom. The number of aliphatic hydroxyl groups excluding tert-OH is 6. The van der Waals surface area contributed by atoms with Crippen LogP contribution < -0.4 is 0 Å². The van der Waals surface area contributed by atoms with Crippen LogP contribution in [-0.2, 0) is 14.2 Å². The maximum Gasteiger partial charge on any atom is 0.208 e. The smallest absolute Gasteiger partial charge is 0.208 e. The third-order valence-electron chi connectivity index (χ3n) is 4.71. The predicted molar refractivity (Wildman–Crippen MR) is 77.0 cm³/mol. The van der Waals surface area contributed by atoms with Crippen molar-refractivity contribution in [2.45, 2.75) is 43.1 Å². The maximum absolute atomic E-state index is 10.0. The molecule has 0 amide bonds. The van der Waals surface area contributed by atoms with Crippen molar-refractivity contribution in [3.63, 3.8) is 0 Å². The second-order valence-electron chi connectivity index (χ2n) is 6.17. The SMILES string of the molecule is OCC1=CO[C@@H](O[C@@H]2O[C@H](CO)[C@H](O)[C@H](O)[C@@H]2O)[C@H]2C=C[C@H](O)C12. The van der Waals surface area contributed by atoms with Crippen LogP contribution in [0, 0.1) is 11.8 Å². The largest absolute Gasteiger partial charge is 0.472 e. The average Bonchev–Trinajstić information content (AvgIpc) is 2.98. The Hall–Kier alpha value is -1.04. The summed E-state index contributed by atoms with van der Waals surface area (Å²) in [5, 5.41) is 58.2. The maximum atomic E-state index is 10.0. The molecule has 0 spiro atoms. The molecule has 1 unspecified atom stereocenters. The number of fused-ring (bicyclic) bond motifs is 1. The lowest BCUT2D eigenvalue weighted by atomic mass is 9.85. The molecule has 3 rings (SSSR count). The number of hydrogen-bond acceptors (Lipinski definition) is 9. The molecular weight excluding hydrogens is 324 g/mol. The van der Waals surface area contributed by atoms with Gasteiger partial charge in [0.2, 0.25) is 6.29 Å². The third-order valence-corrected chi connectivity index (χ3v) is 4.71. The van der Waals surface area contributed by atoms with Gasteiger partial charge in [0, 0.05) is 11.8 Å². The van der Waals surface area contributed by atoms with Crippen LogP contribution in [0.1, 0.15) is 0 Å². The van der Waals surface area contributed by atoms with Gasteiger partial charge in [-0.1, -0.05) is 12.2 Å². The standard InChI is InChI=1S/C15H22O9/c16-3-6-5-22-14(7-1-2-8(18)10(6)7)24-15-13(21)12(20)11(19)9(4-17)23-15/h1-2,5,7-21H,3-4H2/t7-,8-,9+,10?,11-,12-,13-,14-,15-/m0/s1. The first-order valence-corrected chi connectivity index (χ1v) is 7.75. The van der Waals surface area contributed by atoms with Crippen molar-refractivity contribution in [1.82, 2.24) is 0 Å². The summed E-state index contributed by atoms with van der Waals surface area (Å²) in [4.78, 5) is 0. The molecule has 1 saturated heterocycles. The monoisotopic (exact) mass is 346 g/mol. The second kappa shape index (κ2) is 7.06. The Kier molecular flexibility index (Phi) is 5.23. The van der Waals surface area contributed by atoms with E-state index in [2.05, 4.69) is 0 Å². The van der Waals surface area contributed by atoms with Crippen LogP contribution in [-0.4, -0.2) is 87.0 Å². The quantitative estimate of drug-likeness (QED) is 0.297. The van der Waals surface area contributed by atoms with Crippen LogP contribution in [0.4, 0.5) is 0 Å². The molecule has 1 fully saturated rings. The molecule has 3 aliphatic rings. The number of ether oxygens (including phenoxy) is 3. The highest BCUT2D eigenvalue weighted by atomic mass is 16.8. The van der Waals surface area contributed by atoms with Gasteiger partial charge in [0.1, 0.15) is 24.4 Å². The van der Waals surface area contributed by atoms with E-state index in [1.54, 1.807) is 12.2 Å². The van der Waals surface area contributed by atoms with Gasteiger partial charge in [-0.15, -0.1) is 0 Å². The molecule has 0 aromatic heterocycles. The van der Waals surface area contributed by atoms with Gasteiger partial charge in [0.05, 0.1) is 25.6 Å². The van der Waals surface area contributed by atoms with Crippen molar-refractivity contribution < 1.29 is 44.8 Å². The average molecular weight is 346 g/mol. The van der Waals surface area contributed by atoms with Crippen molar-refractivity contribution in [2.24, 2.45) is 11.8 Å². The van der Waals surface area contributed by atoms with E-state index in [0.29, 0.717) is 5.57 Å². The Morgan fingerprint density at radius 1 is 0.958 bits per heavy atom. The fourth-order valence-corrected chi connectivity index (χ4v) is 3.34. The zero-order chi connectivity index (χ0) is 17.4. The molecule has 0 aromatic carbocycles. The van der Waals surface area contributed by atoms with Gasteiger partial charge in [-0.05, 0) is 5.57 Å². The number of rotatable bonds is 4. The molecule has 9 heteroatoms. The van der Waals surface area contributed by atoms with Crippen molar-refractivity contribution in [3.8, 4) is 0 Å². The van der Waals surface area contributed by atoms with E-state index in [1.807, 2.05) is 0 Å². The summed E-state index contributed by atoms with van der Waals surface area (Å²) < 4.78 is 16.3. The Labute approximate surface area is 138 Å². The Bertz CT molecular complexity index is 505. The molecule has 2 aliphatic heterocycles. The molecule has 0 saturated carbocycles. The normalized spacial score (nSPS) is 47.9. The van der Waals surface area contributed by atoms with Crippen LogP contribution >= 0.6 is 0 Å². The first kappa shape index (κ1) is 17.8. The van der Waals surface area contributed by atoms with Crippen molar-refractivity contribution in [3.05, 3.63) is 24.0 Å². The minimum atomic E-state index is -1.55. The molecule has 2 heterocycles. The summed E-state index contributed by atoms with van der Waals surface area (Å²) in [6.07, 6.45) is -4.15. The van der Waals surface area contributed by atoms with Gasteiger partial charge in [0.25, 0.3) is 0 Å². The van der Waals surface area contributed by atoms with Crippen molar-refractivity contribution in [2.75, 3.05) is 13.2 Å². The van der Waals surface area contributed by atoms with E-state index in [0.717, 1.165) is 0 Å². The Morgan fingerprint density at radius 2 is 1.71 bits per heavy atom. The second-order valence-corrected chi connectivity index (χ2v) is 6.17. The van der Waals surface area contributed by atoms with E-state index in [-0.39, 0.29) is 6.61 Å². The molecule has 0 bridgehead atoms. The minimum Gasteiger partial charge on any atom is -0.472 e. The summed E-state index contributed by atoms with van der Waals surface area (Å²) >= 11 is 0. The first-order valence-electron chi connectivity index (χ1n) is 7.75. The highest BCUT2D eigenvalue weighted by Gasteiger charge is 2.48. The van der Waals surface area contributed by atoms with Gasteiger partial charge < -0.3 is 44.8 Å². The summed E-state index contributed by atoms with van der Waals surface area (Å²) in [7, 11) is 0. The Balaban J connectivity index is 1.73. The van der Waals surface area contributed by atoms with Crippen molar-refractivity contribution >= 4 is 0 Å². The first-order chi connectivity index (χ1) is 11.5. The zero-order valence-corrected chi connectivity index (χ0v) is 12.8. The molecular formula is C15H22O9. The van der Waals surface area contributed by atoms with E-state index in [9.17, 15) is 30.6 Å². The van der Waals surface area contributed by atoms with Gasteiger partial charge in [-0.25, -0.2) is 0 Å². The van der Waals surface area contributed by atoms with Gasteiger partial charge >= 0.3 is 0 Å². The fourth-order valence-electron chi connectivity index (χ4n) is 3.34. The number of aliphatic hydroxyl groups is 6. The molecule has 24 heavy (non-hydrogen) atoms. The van der Waals surface area contributed by atoms with Crippen molar-refractivity contribution in [1.29, 1.82) is 0 Å². The zero-order valence-electron chi connectivity index (χ0n) is 12.8. The number of hydrogen-bond donors (Lipinski definition) is 6. The van der Waals surface area contributed by atoms with Crippen LogP contribution in [0.25, 0.3) is 0 Å². The summed E-state index contributed by atoms with van der Waals surface area (Å²) in [5.74, 6) is -0.835. The lowest BCUT2D eigenvalue weighted by Crippen LogP contribution is -2.60. The third kappa shape index (κ3) is 2.98. The fraction of sp³-hybridized carbons (Fsp3) is 0.733. The lowest BCUT2D eigenvalue weighted by molar-refractivity contribution is -0.339. The van der Waals surface area contributed by atoms with Crippen LogP contribution in [0.3, 0.4) is 0 Å². The summed E-state index contributed by atoms with van der Waals surface area (Å²) in [6.45, 7) is -0.831. The minimum absolute atomic E-state index is 0.271. The van der Waals surface area contributed by atoms with E-state index < -0.39 is 61.5 Å². The van der Waals surface area contributed by atoms with E-state index in [4.69, 9.17) is 14.2 Å². The topological polar surface area (TPSA) is 149 Å². The van der Waals surface area contributed by atoms with Crippen LogP contribution in [0.5, 0.6) is 0 Å². The molecule has 9 nitrogen and oxygen atoms in total. The van der Waals surface area contributed by atoms with Gasteiger partial charge in [-0.2, -0.15) is 0 Å². The molecule has 0 aromatic rings. The highest BCUT2D eigenvalue weighted by molar-refractivity contribution is 5.23. The van der Waals surface area contributed by atoms with E-state index in [1.165, 1.54) is 6.26 Å². The van der Waals surface area contributed by atoms with E-state index >= 15 is 0 Å². The predicted octanol–water partition coefficient (Wildman–Crippen LogP) is -2.80. The van der Waals surface area contributed by atoms with Gasteiger partial charge in [-0.3, -0.25) is 0 Å². The van der Waals surface area contributed by atoms with Gasteiger partial charge in [0.15, 0.2) is 6.29 Å². The molecule has 1 aliphatic carbocycles. The van der Waals surface area contributed by atoms with Crippen LogP contribution in [0.15, 0.2) is 24.0 Å². The molecule has 136 valence electrons. The molecule has 6 N–H and O–H groups in total. The summed E-state index contributed by atoms with van der Waals surface area (Å²) in [6, 6.07) is 0. The molecule has 0 radical (unpaired) electrons. The summed E-state index contributed by atoms with van der Waals surface area (Å²) in [5.41, 5.74) is 0.520. The molecule has 9 atom stereocenters.